The third-order valence-electron chi connectivity index (χ3n) is 6.42. The third kappa shape index (κ3) is 6.41. The molecule has 9 heteroatoms. The van der Waals surface area contributed by atoms with Gasteiger partial charge in [0, 0.05) is 72.1 Å². The van der Waals surface area contributed by atoms with Crippen molar-refractivity contribution in [1.82, 2.24) is 20.1 Å². The Hall–Kier alpha value is -2.27. The van der Waals surface area contributed by atoms with E-state index in [9.17, 15) is 5.11 Å². The average molecular weight is 566 g/mol. The summed E-state index contributed by atoms with van der Waals surface area (Å²) >= 11 is 0. The van der Waals surface area contributed by atoms with Crippen LogP contribution >= 0.6 is 24.0 Å². The molecule has 0 unspecified atom stereocenters. The van der Waals surface area contributed by atoms with Gasteiger partial charge in [-0.1, -0.05) is 19.1 Å². The van der Waals surface area contributed by atoms with Crippen LogP contribution in [0.25, 0.3) is 0 Å². The number of phenolic OH excluding ortho intramolecular Hbond substituents is 1. The normalized spacial score (nSPS) is 17.6. The molecule has 0 amide bonds. The smallest absolute Gasteiger partial charge is 0.194 e. The summed E-state index contributed by atoms with van der Waals surface area (Å²) < 4.78 is 0. The Morgan fingerprint density at radius 2 is 1.70 bits per heavy atom. The summed E-state index contributed by atoms with van der Waals surface area (Å²) in [5.41, 5.74) is 2.11. The van der Waals surface area contributed by atoms with Crippen molar-refractivity contribution < 1.29 is 5.11 Å². The van der Waals surface area contributed by atoms with Crippen LogP contribution in [0, 0.1) is 0 Å². The Morgan fingerprint density at radius 1 is 1.00 bits per heavy atom. The highest BCUT2D eigenvalue weighted by atomic mass is 127. The second-order valence-electron chi connectivity index (χ2n) is 8.31. The second kappa shape index (κ2) is 12.3. The molecule has 180 valence electrons. The van der Waals surface area contributed by atoms with Gasteiger partial charge in [0.2, 0.25) is 0 Å². The zero-order valence-electron chi connectivity index (χ0n) is 19.7. The SMILES string of the molecule is CCN1CCN(c2cc(CNC(=NC)N3CCN(c4ccccc4O)CC3)ccn2)CC1.I. The van der Waals surface area contributed by atoms with Crippen molar-refractivity contribution >= 4 is 41.4 Å². The van der Waals surface area contributed by atoms with Gasteiger partial charge in [-0.2, -0.15) is 0 Å². The van der Waals surface area contributed by atoms with Gasteiger partial charge in [-0.25, -0.2) is 4.98 Å². The zero-order valence-corrected chi connectivity index (χ0v) is 22.0. The Bertz CT molecular complexity index is 909. The van der Waals surface area contributed by atoms with E-state index < -0.39 is 0 Å². The minimum Gasteiger partial charge on any atom is -0.506 e. The summed E-state index contributed by atoms with van der Waals surface area (Å²) in [7, 11) is 1.84. The number of phenols is 1. The number of aromatic nitrogens is 1. The fraction of sp³-hybridized carbons (Fsp3) is 0.500. The van der Waals surface area contributed by atoms with Crippen LogP contribution in [0.1, 0.15) is 12.5 Å². The molecule has 2 aliphatic heterocycles. The Morgan fingerprint density at radius 3 is 2.36 bits per heavy atom. The third-order valence-corrected chi connectivity index (χ3v) is 6.42. The van der Waals surface area contributed by atoms with Crippen molar-refractivity contribution in [2.75, 3.05) is 75.8 Å². The number of rotatable bonds is 5. The van der Waals surface area contributed by atoms with Gasteiger partial charge in [0.1, 0.15) is 11.6 Å². The molecule has 8 nitrogen and oxygen atoms in total. The highest BCUT2D eigenvalue weighted by Crippen LogP contribution is 2.27. The summed E-state index contributed by atoms with van der Waals surface area (Å²) in [6.45, 7) is 11.7. The maximum Gasteiger partial charge on any atom is 0.194 e. The van der Waals surface area contributed by atoms with E-state index in [1.54, 1.807) is 6.07 Å². The predicted molar refractivity (Wildman–Crippen MR) is 146 cm³/mol. The fourth-order valence-corrected chi connectivity index (χ4v) is 4.44. The number of para-hydroxylation sites is 2. The highest BCUT2D eigenvalue weighted by molar-refractivity contribution is 14.0. The molecule has 4 rings (SSSR count). The number of nitrogens with zero attached hydrogens (tertiary/aromatic N) is 6. The number of nitrogens with one attached hydrogen (secondary N) is 1. The molecule has 33 heavy (non-hydrogen) atoms. The number of hydrogen-bond donors (Lipinski definition) is 2. The molecule has 0 spiro atoms. The van der Waals surface area contributed by atoms with Crippen LogP contribution in [0.3, 0.4) is 0 Å². The van der Waals surface area contributed by atoms with Gasteiger partial charge in [0.05, 0.1) is 5.69 Å². The van der Waals surface area contributed by atoms with E-state index in [1.165, 1.54) is 5.56 Å². The molecule has 0 radical (unpaired) electrons. The number of pyridine rings is 1. The molecule has 1 aromatic heterocycles. The minimum absolute atomic E-state index is 0. The first kappa shape index (κ1) is 25.4. The number of hydrogen-bond acceptors (Lipinski definition) is 6. The molecular weight excluding hydrogens is 529 g/mol. The molecule has 0 aliphatic carbocycles. The van der Waals surface area contributed by atoms with E-state index in [0.717, 1.165) is 82.9 Å². The fourth-order valence-electron chi connectivity index (χ4n) is 4.44. The van der Waals surface area contributed by atoms with Gasteiger partial charge in [-0.05, 0) is 36.4 Å². The first-order chi connectivity index (χ1) is 15.7. The van der Waals surface area contributed by atoms with E-state index in [-0.39, 0.29) is 24.0 Å². The molecular formula is C24H36IN7O. The Balaban J connectivity index is 0.00000306. The van der Waals surface area contributed by atoms with E-state index >= 15 is 0 Å². The molecule has 2 saturated heterocycles. The van der Waals surface area contributed by atoms with Crippen molar-refractivity contribution in [1.29, 1.82) is 0 Å². The van der Waals surface area contributed by atoms with Crippen molar-refractivity contribution in [3.05, 3.63) is 48.2 Å². The maximum atomic E-state index is 10.1. The van der Waals surface area contributed by atoms with Crippen LogP contribution in [0.4, 0.5) is 11.5 Å². The number of aromatic hydroxyl groups is 1. The lowest BCUT2D eigenvalue weighted by molar-refractivity contribution is 0.270. The summed E-state index contributed by atoms with van der Waals surface area (Å²) in [5, 5.41) is 13.7. The number of benzene rings is 1. The number of guanidine groups is 1. The van der Waals surface area contributed by atoms with E-state index in [2.05, 4.69) is 53.9 Å². The van der Waals surface area contributed by atoms with Crippen molar-refractivity contribution in [3.8, 4) is 5.75 Å². The van der Waals surface area contributed by atoms with Crippen LogP contribution in [0.5, 0.6) is 5.75 Å². The van der Waals surface area contributed by atoms with E-state index in [1.807, 2.05) is 31.4 Å². The lowest BCUT2D eigenvalue weighted by Gasteiger charge is -2.38. The summed E-state index contributed by atoms with van der Waals surface area (Å²) in [6.07, 6.45) is 1.91. The van der Waals surface area contributed by atoms with Gasteiger partial charge in [-0.15, -0.1) is 24.0 Å². The molecule has 1 aromatic carbocycles. The van der Waals surface area contributed by atoms with Crippen molar-refractivity contribution in [2.24, 2.45) is 4.99 Å². The zero-order chi connectivity index (χ0) is 22.3. The number of aliphatic imine (C=N–C) groups is 1. The van der Waals surface area contributed by atoms with Gasteiger partial charge < -0.3 is 30.0 Å². The molecule has 0 saturated carbocycles. The second-order valence-corrected chi connectivity index (χ2v) is 8.31. The topological polar surface area (TPSA) is 70.5 Å². The number of halogens is 1. The quantitative estimate of drug-likeness (QED) is 0.328. The lowest BCUT2D eigenvalue weighted by atomic mass is 10.2. The summed E-state index contributed by atoms with van der Waals surface area (Å²) in [6, 6.07) is 11.8. The van der Waals surface area contributed by atoms with Gasteiger partial charge in [0.15, 0.2) is 5.96 Å². The predicted octanol–water partition coefficient (Wildman–Crippen LogP) is 2.44. The van der Waals surface area contributed by atoms with Crippen LogP contribution < -0.4 is 15.1 Å². The molecule has 3 heterocycles. The van der Waals surface area contributed by atoms with Crippen LogP contribution in [-0.2, 0) is 6.54 Å². The first-order valence-electron chi connectivity index (χ1n) is 11.6. The summed E-state index contributed by atoms with van der Waals surface area (Å²) in [5.74, 6) is 2.32. The number of piperazine rings is 2. The standard InChI is InChI=1S/C24H35N7O.HI/c1-3-28-10-12-30(13-11-28)23-18-20(8-9-26-23)19-27-24(25-2)31-16-14-29(15-17-31)21-6-4-5-7-22(21)32;/h4-9,18,32H,3,10-17,19H2,1-2H3,(H,25,27);1H. The van der Waals surface area contributed by atoms with Gasteiger partial charge in [-0.3, -0.25) is 4.99 Å². The molecule has 2 fully saturated rings. The average Bonchev–Trinajstić information content (AvgIpc) is 2.85. The Kier molecular flexibility index (Phi) is 9.42. The molecule has 2 aromatic rings. The lowest BCUT2D eigenvalue weighted by Crippen LogP contribution is -2.52. The summed E-state index contributed by atoms with van der Waals surface area (Å²) in [4.78, 5) is 18.5. The molecule has 2 aliphatic rings. The van der Waals surface area contributed by atoms with Gasteiger partial charge in [0.25, 0.3) is 0 Å². The van der Waals surface area contributed by atoms with Crippen LogP contribution in [-0.4, -0.2) is 91.8 Å². The van der Waals surface area contributed by atoms with Gasteiger partial charge >= 0.3 is 0 Å². The Labute approximate surface area is 214 Å². The van der Waals surface area contributed by atoms with Crippen LogP contribution in [0.2, 0.25) is 0 Å². The van der Waals surface area contributed by atoms with Crippen molar-refractivity contribution in [2.45, 2.75) is 13.5 Å². The monoisotopic (exact) mass is 565 g/mol. The highest BCUT2D eigenvalue weighted by Gasteiger charge is 2.21. The number of anilines is 2. The largest absolute Gasteiger partial charge is 0.506 e. The molecule has 0 bridgehead atoms. The molecule has 2 N–H and O–H groups in total. The maximum absolute atomic E-state index is 10.1. The van der Waals surface area contributed by atoms with E-state index in [0.29, 0.717) is 5.75 Å². The molecule has 0 atom stereocenters. The van der Waals surface area contributed by atoms with Crippen LogP contribution in [0.15, 0.2) is 47.6 Å². The number of likely N-dealkylation sites (N-methyl/N-ethyl adjacent to an activating group) is 1. The first-order valence-corrected chi connectivity index (χ1v) is 11.6. The minimum atomic E-state index is 0. The van der Waals surface area contributed by atoms with E-state index in [4.69, 9.17) is 0 Å². The van der Waals surface area contributed by atoms with Crippen molar-refractivity contribution in [3.63, 3.8) is 0 Å².